The topological polar surface area (TPSA) is 20.3 Å². The summed E-state index contributed by atoms with van der Waals surface area (Å²) < 4.78 is 0. The first-order valence-corrected chi connectivity index (χ1v) is 7.31. The number of ketones is 1. The van der Waals surface area contributed by atoms with E-state index in [1.165, 1.54) is 19.3 Å². The lowest BCUT2D eigenvalue weighted by atomic mass is 9.79. The van der Waals surface area contributed by atoms with E-state index in [0.29, 0.717) is 17.7 Å². The van der Waals surface area contributed by atoms with Gasteiger partial charge in [0.1, 0.15) is 5.78 Å². The van der Waals surface area contributed by atoms with Gasteiger partial charge in [-0.2, -0.15) is 0 Å². The summed E-state index contributed by atoms with van der Waals surface area (Å²) in [5, 5.41) is 0. The maximum atomic E-state index is 11.9. The van der Waals surface area contributed by atoms with Gasteiger partial charge >= 0.3 is 0 Å². The Balaban J connectivity index is 2.45. The second kappa shape index (κ2) is 7.15. The average Bonchev–Trinajstić information content (AvgIpc) is 2.32. The van der Waals surface area contributed by atoms with E-state index in [2.05, 4.69) is 32.7 Å². The Morgan fingerprint density at radius 2 is 2.12 bits per heavy atom. The maximum absolute atomic E-state index is 11.9. The van der Waals surface area contributed by atoms with Gasteiger partial charge in [0.15, 0.2) is 0 Å². The number of hydrogen-bond acceptors (Lipinski definition) is 2. The largest absolute Gasteiger partial charge is 0.303 e. The van der Waals surface area contributed by atoms with Crippen molar-refractivity contribution >= 4 is 5.78 Å². The van der Waals surface area contributed by atoms with Crippen molar-refractivity contribution in [3.05, 3.63) is 0 Å². The lowest BCUT2D eigenvalue weighted by Gasteiger charge is -2.33. The van der Waals surface area contributed by atoms with Crippen LogP contribution in [0, 0.1) is 11.8 Å². The summed E-state index contributed by atoms with van der Waals surface area (Å²) in [6.07, 6.45) is 6.76. The van der Waals surface area contributed by atoms with Gasteiger partial charge in [-0.15, -0.1) is 0 Å². The molecule has 0 amide bonds. The third-order valence-corrected chi connectivity index (χ3v) is 4.42. The van der Waals surface area contributed by atoms with Crippen molar-refractivity contribution in [2.45, 2.75) is 65.3 Å². The van der Waals surface area contributed by atoms with Crippen LogP contribution in [-0.2, 0) is 4.79 Å². The van der Waals surface area contributed by atoms with Crippen molar-refractivity contribution in [1.29, 1.82) is 0 Å². The molecule has 0 heterocycles. The van der Waals surface area contributed by atoms with Crippen molar-refractivity contribution in [3.63, 3.8) is 0 Å². The van der Waals surface area contributed by atoms with Crippen LogP contribution in [0.25, 0.3) is 0 Å². The van der Waals surface area contributed by atoms with Crippen molar-refractivity contribution < 1.29 is 4.79 Å². The normalized spacial score (nSPS) is 27.5. The standard InChI is InChI=1S/C15H29NO/c1-5-7-12(3)16(4)11-14-10-13(6-2)8-9-15(14)17/h12-14H,5-11H2,1-4H3. The molecule has 0 spiro atoms. The molecule has 0 aromatic rings. The minimum atomic E-state index is 0.304. The fourth-order valence-electron chi connectivity index (χ4n) is 2.92. The molecule has 100 valence electrons. The number of carbonyl (C=O) groups is 1. The van der Waals surface area contributed by atoms with Gasteiger partial charge < -0.3 is 4.90 Å². The zero-order chi connectivity index (χ0) is 12.8. The van der Waals surface area contributed by atoms with Crippen LogP contribution in [0.5, 0.6) is 0 Å². The summed E-state index contributed by atoms with van der Waals surface area (Å²) >= 11 is 0. The van der Waals surface area contributed by atoms with Gasteiger partial charge in [0.05, 0.1) is 0 Å². The lowest BCUT2D eigenvalue weighted by molar-refractivity contribution is -0.126. The molecule has 1 aliphatic carbocycles. The molecule has 2 heteroatoms. The van der Waals surface area contributed by atoms with E-state index in [1.807, 2.05) is 0 Å². The van der Waals surface area contributed by atoms with E-state index >= 15 is 0 Å². The third-order valence-electron chi connectivity index (χ3n) is 4.42. The molecule has 2 nitrogen and oxygen atoms in total. The van der Waals surface area contributed by atoms with E-state index < -0.39 is 0 Å². The molecule has 0 aromatic carbocycles. The molecule has 1 saturated carbocycles. The Morgan fingerprint density at radius 1 is 1.41 bits per heavy atom. The van der Waals surface area contributed by atoms with Crippen LogP contribution in [0.3, 0.4) is 0 Å². The van der Waals surface area contributed by atoms with Gasteiger partial charge in [-0.1, -0.05) is 26.7 Å². The first kappa shape index (κ1) is 14.7. The highest BCUT2D eigenvalue weighted by Crippen LogP contribution is 2.29. The highest BCUT2D eigenvalue weighted by molar-refractivity contribution is 5.81. The number of rotatable bonds is 6. The summed E-state index contributed by atoms with van der Waals surface area (Å²) in [7, 11) is 2.17. The second-order valence-corrected chi connectivity index (χ2v) is 5.79. The predicted molar refractivity (Wildman–Crippen MR) is 73.1 cm³/mol. The van der Waals surface area contributed by atoms with Crippen LogP contribution < -0.4 is 0 Å². The number of Topliss-reactive ketones (excluding diaryl/α,β-unsaturated/α-hetero) is 1. The molecule has 0 radical (unpaired) electrons. The van der Waals surface area contributed by atoms with Crippen molar-refractivity contribution in [2.75, 3.05) is 13.6 Å². The number of carbonyl (C=O) groups excluding carboxylic acids is 1. The van der Waals surface area contributed by atoms with Crippen molar-refractivity contribution in [1.82, 2.24) is 4.90 Å². The maximum Gasteiger partial charge on any atom is 0.137 e. The molecule has 1 rings (SSSR count). The van der Waals surface area contributed by atoms with E-state index in [1.54, 1.807) is 0 Å². The summed E-state index contributed by atoms with van der Waals surface area (Å²) in [4.78, 5) is 14.3. The Kier molecular flexibility index (Phi) is 6.18. The Labute approximate surface area is 107 Å². The zero-order valence-electron chi connectivity index (χ0n) is 12.0. The van der Waals surface area contributed by atoms with E-state index in [9.17, 15) is 4.79 Å². The van der Waals surface area contributed by atoms with Crippen molar-refractivity contribution in [3.8, 4) is 0 Å². The molecule has 3 atom stereocenters. The summed E-state index contributed by atoms with van der Waals surface area (Å²) in [5.74, 6) is 1.59. The molecule has 0 saturated heterocycles. The van der Waals surface area contributed by atoms with Gasteiger partial charge in [0.25, 0.3) is 0 Å². The van der Waals surface area contributed by atoms with Crippen LogP contribution >= 0.6 is 0 Å². The van der Waals surface area contributed by atoms with Gasteiger partial charge in [0, 0.05) is 24.9 Å². The van der Waals surface area contributed by atoms with Crippen molar-refractivity contribution in [2.24, 2.45) is 11.8 Å². The number of nitrogens with zero attached hydrogens (tertiary/aromatic N) is 1. The molecule has 1 fully saturated rings. The smallest absolute Gasteiger partial charge is 0.137 e. The molecule has 1 aliphatic rings. The number of hydrogen-bond donors (Lipinski definition) is 0. The molecule has 0 N–H and O–H groups in total. The molecule has 17 heavy (non-hydrogen) atoms. The zero-order valence-corrected chi connectivity index (χ0v) is 12.0. The average molecular weight is 239 g/mol. The quantitative estimate of drug-likeness (QED) is 0.707. The van der Waals surface area contributed by atoms with E-state index in [-0.39, 0.29) is 0 Å². The SMILES string of the molecule is CCCC(C)N(C)CC1CC(CC)CCC1=O. The van der Waals surface area contributed by atoms with Crippen LogP contribution in [0.2, 0.25) is 0 Å². The summed E-state index contributed by atoms with van der Waals surface area (Å²) in [5.41, 5.74) is 0. The highest BCUT2D eigenvalue weighted by atomic mass is 16.1. The van der Waals surface area contributed by atoms with Gasteiger partial charge in [0.2, 0.25) is 0 Å². The Morgan fingerprint density at radius 3 is 2.71 bits per heavy atom. The second-order valence-electron chi connectivity index (χ2n) is 5.79. The molecule has 0 aromatic heterocycles. The van der Waals surface area contributed by atoms with E-state index in [4.69, 9.17) is 0 Å². The van der Waals surface area contributed by atoms with Crippen LogP contribution in [0.1, 0.15) is 59.3 Å². The van der Waals surface area contributed by atoms with Gasteiger partial charge in [-0.05, 0) is 39.2 Å². The van der Waals surface area contributed by atoms with Crippen LogP contribution in [0.4, 0.5) is 0 Å². The third kappa shape index (κ3) is 4.42. The van der Waals surface area contributed by atoms with E-state index in [0.717, 1.165) is 31.7 Å². The van der Waals surface area contributed by atoms with Gasteiger partial charge in [-0.3, -0.25) is 4.79 Å². The summed E-state index contributed by atoms with van der Waals surface area (Å²) in [6, 6.07) is 0.606. The molecular weight excluding hydrogens is 210 g/mol. The van der Waals surface area contributed by atoms with Crippen LogP contribution in [-0.4, -0.2) is 30.3 Å². The fraction of sp³-hybridized carbons (Fsp3) is 0.933. The molecule has 0 aliphatic heterocycles. The molecular formula is C15H29NO. The highest BCUT2D eigenvalue weighted by Gasteiger charge is 2.29. The fourth-order valence-corrected chi connectivity index (χ4v) is 2.92. The van der Waals surface area contributed by atoms with Gasteiger partial charge in [-0.25, -0.2) is 0 Å². The monoisotopic (exact) mass is 239 g/mol. The first-order chi connectivity index (χ1) is 8.08. The predicted octanol–water partition coefficient (Wildman–Crippen LogP) is 3.50. The molecule has 0 bridgehead atoms. The lowest BCUT2D eigenvalue weighted by Crippen LogP contribution is -2.38. The Bertz CT molecular complexity index is 239. The molecule has 3 unspecified atom stereocenters. The van der Waals surface area contributed by atoms with Crippen LogP contribution in [0.15, 0.2) is 0 Å². The first-order valence-electron chi connectivity index (χ1n) is 7.31. The Hall–Kier alpha value is -0.370. The minimum Gasteiger partial charge on any atom is -0.303 e. The minimum absolute atomic E-state index is 0.304. The summed E-state index contributed by atoms with van der Waals surface area (Å²) in [6.45, 7) is 7.72.